The molecule has 1 aliphatic heterocycles. The molecule has 2 aromatic rings. The molecule has 2 aromatic carbocycles. The second-order valence-electron chi connectivity index (χ2n) is 7.88. The zero-order valence-electron chi connectivity index (χ0n) is 18.7. The van der Waals surface area contributed by atoms with E-state index in [1.165, 1.54) is 7.11 Å². The van der Waals surface area contributed by atoms with Crippen molar-refractivity contribution in [2.24, 2.45) is 5.92 Å². The predicted octanol–water partition coefficient (Wildman–Crippen LogP) is 2.07. The Kier molecular flexibility index (Phi) is 8.51. The van der Waals surface area contributed by atoms with E-state index in [0.29, 0.717) is 18.5 Å². The number of methoxy groups -OCH3 is 1. The molecular weight excluding hydrogens is 424 g/mol. The standard InChI is InChI=1S/C24H30N4O5/c1-32-23(30)21(27-24(31)33-16-17-6-3-2-4-7-17)15-26-22(29)18-10-12-28(13-11-18)20-9-5-8-19(25)14-20/h2-9,14,18,21H,10-13,15-16,25H2,1H3,(H,26,29)(H,27,31)/t21-/m0/s1. The minimum Gasteiger partial charge on any atom is -0.467 e. The smallest absolute Gasteiger partial charge is 0.408 e. The van der Waals surface area contributed by atoms with Crippen LogP contribution in [0.5, 0.6) is 0 Å². The quantitative estimate of drug-likeness (QED) is 0.412. The van der Waals surface area contributed by atoms with E-state index in [-0.39, 0.29) is 25.0 Å². The number of carbonyl (C=O) groups is 3. The van der Waals surface area contributed by atoms with Crippen LogP contribution in [0, 0.1) is 5.92 Å². The van der Waals surface area contributed by atoms with E-state index >= 15 is 0 Å². The molecule has 0 spiro atoms. The van der Waals surface area contributed by atoms with Crippen LogP contribution in [0.2, 0.25) is 0 Å². The Hall–Kier alpha value is -3.75. The number of nitrogens with zero attached hydrogens (tertiary/aromatic N) is 1. The van der Waals surface area contributed by atoms with E-state index in [1.807, 2.05) is 54.6 Å². The summed E-state index contributed by atoms with van der Waals surface area (Å²) in [4.78, 5) is 39.1. The van der Waals surface area contributed by atoms with Gasteiger partial charge in [-0.1, -0.05) is 36.4 Å². The van der Waals surface area contributed by atoms with Crippen LogP contribution in [-0.2, 0) is 25.7 Å². The first-order valence-corrected chi connectivity index (χ1v) is 10.9. The van der Waals surface area contributed by atoms with Crippen molar-refractivity contribution in [1.82, 2.24) is 10.6 Å². The number of hydrogen-bond acceptors (Lipinski definition) is 7. The summed E-state index contributed by atoms with van der Waals surface area (Å²) in [6.45, 7) is 1.44. The van der Waals surface area contributed by atoms with Crippen LogP contribution in [-0.4, -0.2) is 50.8 Å². The van der Waals surface area contributed by atoms with Gasteiger partial charge in [-0.05, 0) is 36.6 Å². The highest BCUT2D eigenvalue weighted by Gasteiger charge is 2.28. The van der Waals surface area contributed by atoms with Gasteiger partial charge in [0, 0.05) is 36.9 Å². The van der Waals surface area contributed by atoms with Crippen molar-refractivity contribution in [3.63, 3.8) is 0 Å². The maximum absolute atomic E-state index is 12.7. The van der Waals surface area contributed by atoms with Crippen molar-refractivity contribution in [3.8, 4) is 0 Å². The maximum Gasteiger partial charge on any atom is 0.408 e. The molecule has 33 heavy (non-hydrogen) atoms. The summed E-state index contributed by atoms with van der Waals surface area (Å²) in [5, 5.41) is 5.22. The van der Waals surface area contributed by atoms with Crippen LogP contribution in [0.25, 0.3) is 0 Å². The fourth-order valence-electron chi connectivity index (χ4n) is 3.71. The number of benzene rings is 2. The molecule has 0 saturated carbocycles. The molecule has 3 rings (SSSR count). The van der Waals surface area contributed by atoms with E-state index in [4.69, 9.17) is 15.2 Å². The van der Waals surface area contributed by atoms with Gasteiger partial charge in [0.2, 0.25) is 5.91 Å². The number of hydrogen-bond donors (Lipinski definition) is 3. The number of ether oxygens (including phenoxy) is 2. The number of alkyl carbamates (subject to hydrolysis) is 1. The number of amides is 2. The van der Waals surface area contributed by atoms with E-state index in [0.717, 1.165) is 24.3 Å². The molecule has 4 N–H and O–H groups in total. The molecule has 1 atom stereocenters. The van der Waals surface area contributed by atoms with Crippen molar-refractivity contribution in [2.45, 2.75) is 25.5 Å². The largest absolute Gasteiger partial charge is 0.467 e. The molecule has 0 bridgehead atoms. The third-order valence-corrected chi connectivity index (χ3v) is 5.57. The molecule has 176 valence electrons. The fraction of sp³-hybridized carbons (Fsp3) is 0.375. The van der Waals surface area contributed by atoms with Gasteiger partial charge in [0.05, 0.1) is 7.11 Å². The predicted molar refractivity (Wildman–Crippen MR) is 124 cm³/mol. The molecular formula is C24H30N4O5. The van der Waals surface area contributed by atoms with Gasteiger partial charge in [-0.15, -0.1) is 0 Å². The molecule has 1 saturated heterocycles. The first-order chi connectivity index (χ1) is 16.0. The number of nitrogens with two attached hydrogens (primary N) is 1. The molecule has 1 heterocycles. The average Bonchev–Trinajstić information content (AvgIpc) is 2.85. The van der Waals surface area contributed by atoms with Crippen LogP contribution in [0.15, 0.2) is 54.6 Å². The van der Waals surface area contributed by atoms with Crippen LogP contribution >= 0.6 is 0 Å². The Labute approximate surface area is 193 Å². The number of esters is 1. The monoisotopic (exact) mass is 454 g/mol. The number of carbonyl (C=O) groups excluding carboxylic acids is 3. The summed E-state index contributed by atoms with van der Waals surface area (Å²) < 4.78 is 9.90. The Bertz CT molecular complexity index is 945. The van der Waals surface area contributed by atoms with Crippen molar-refractivity contribution in [3.05, 3.63) is 60.2 Å². The van der Waals surface area contributed by atoms with Gasteiger partial charge in [0.25, 0.3) is 0 Å². The summed E-state index contributed by atoms with van der Waals surface area (Å²) in [7, 11) is 1.22. The Balaban J connectivity index is 1.45. The Morgan fingerprint density at radius 3 is 2.48 bits per heavy atom. The lowest BCUT2D eigenvalue weighted by Gasteiger charge is -2.33. The highest BCUT2D eigenvalue weighted by molar-refractivity contribution is 5.83. The average molecular weight is 455 g/mol. The lowest BCUT2D eigenvalue weighted by molar-refractivity contribution is -0.143. The van der Waals surface area contributed by atoms with Crippen molar-refractivity contribution >= 4 is 29.3 Å². The SMILES string of the molecule is COC(=O)[C@H](CNC(=O)C1CCN(c2cccc(N)c2)CC1)NC(=O)OCc1ccccc1. The van der Waals surface area contributed by atoms with E-state index in [2.05, 4.69) is 15.5 Å². The minimum atomic E-state index is -1.05. The lowest BCUT2D eigenvalue weighted by atomic mass is 9.95. The molecule has 0 aliphatic carbocycles. The molecule has 9 nitrogen and oxygen atoms in total. The Morgan fingerprint density at radius 2 is 1.82 bits per heavy atom. The number of anilines is 2. The molecule has 1 aliphatic rings. The van der Waals surface area contributed by atoms with Gasteiger partial charge in [0.1, 0.15) is 12.6 Å². The van der Waals surface area contributed by atoms with Crippen molar-refractivity contribution in [1.29, 1.82) is 0 Å². The number of nitrogens with one attached hydrogen (secondary N) is 2. The zero-order valence-corrected chi connectivity index (χ0v) is 18.7. The normalized spacial score (nSPS) is 14.8. The summed E-state index contributed by atoms with van der Waals surface area (Å²) in [5.41, 5.74) is 8.42. The highest BCUT2D eigenvalue weighted by atomic mass is 16.6. The van der Waals surface area contributed by atoms with E-state index < -0.39 is 18.1 Å². The van der Waals surface area contributed by atoms with Crippen LogP contribution in [0.3, 0.4) is 0 Å². The van der Waals surface area contributed by atoms with Gasteiger partial charge < -0.3 is 30.7 Å². The number of piperidine rings is 1. The molecule has 0 unspecified atom stereocenters. The second-order valence-corrected chi connectivity index (χ2v) is 7.88. The molecule has 1 fully saturated rings. The van der Waals surface area contributed by atoms with Gasteiger partial charge >= 0.3 is 12.1 Å². The topological polar surface area (TPSA) is 123 Å². The summed E-state index contributed by atoms with van der Waals surface area (Å²) >= 11 is 0. The fourth-order valence-corrected chi connectivity index (χ4v) is 3.71. The molecule has 2 amide bonds. The van der Waals surface area contributed by atoms with Gasteiger partial charge in [0.15, 0.2) is 0 Å². The molecule has 9 heteroatoms. The van der Waals surface area contributed by atoms with Crippen LogP contribution in [0.1, 0.15) is 18.4 Å². The van der Waals surface area contributed by atoms with Gasteiger partial charge in [-0.2, -0.15) is 0 Å². The number of nitrogen functional groups attached to an aromatic ring is 1. The summed E-state index contributed by atoms with van der Waals surface area (Å²) in [6.07, 6.45) is 0.588. The van der Waals surface area contributed by atoms with Crippen LogP contribution in [0.4, 0.5) is 16.2 Å². The molecule has 0 aromatic heterocycles. The van der Waals surface area contributed by atoms with Crippen molar-refractivity contribution in [2.75, 3.05) is 37.4 Å². The molecule has 0 radical (unpaired) electrons. The maximum atomic E-state index is 12.7. The van der Waals surface area contributed by atoms with E-state index in [9.17, 15) is 14.4 Å². The third kappa shape index (κ3) is 7.13. The third-order valence-electron chi connectivity index (χ3n) is 5.57. The highest BCUT2D eigenvalue weighted by Crippen LogP contribution is 2.24. The summed E-state index contributed by atoms with van der Waals surface area (Å²) in [5.74, 6) is -0.996. The first kappa shape index (κ1) is 23.9. The minimum absolute atomic E-state index is 0.0680. The van der Waals surface area contributed by atoms with Gasteiger partial charge in [-0.25, -0.2) is 9.59 Å². The zero-order chi connectivity index (χ0) is 23.6. The Morgan fingerprint density at radius 1 is 1.09 bits per heavy atom. The van der Waals surface area contributed by atoms with Crippen molar-refractivity contribution < 1.29 is 23.9 Å². The van der Waals surface area contributed by atoms with Gasteiger partial charge in [-0.3, -0.25) is 4.79 Å². The first-order valence-electron chi connectivity index (χ1n) is 10.9. The summed E-state index contributed by atoms with van der Waals surface area (Å²) in [6, 6.07) is 15.8. The van der Waals surface area contributed by atoms with Crippen LogP contribution < -0.4 is 21.3 Å². The second kappa shape index (κ2) is 11.8. The van der Waals surface area contributed by atoms with E-state index in [1.54, 1.807) is 0 Å². The lowest BCUT2D eigenvalue weighted by Crippen LogP contribution is -2.50. The number of rotatable bonds is 8.